The Hall–Kier alpha value is -3.41. The second kappa shape index (κ2) is 11.8. The van der Waals surface area contributed by atoms with Gasteiger partial charge in [0.25, 0.3) is 0 Å². The molecule has 1 heterocycles. The van der Waals surface area contributed by atoms with E-state index in [9.17, 15) is 14.9 Å². The Bertz CT molecular complexity index is 1200. The zero-order chi connectivity index (χ0) is 25.5. The van der Waals surface area contributed by atoms with Crippen LogP contribution in [0.25, 0.3) is 0 Å². The van der Waals surface area contributed by atoms with Crippen LogP contribution < -0.4 is 15.4 Å². The van der Waals surface area contributed by atoms with E-state index in [1.54, 1.807) is 76.4 Å². The second-order valence-electron chi connectivity index (χ2n) is 8.02. The van der Waals surface area contributed by atoms with Gasteiger partial charge in [0.05, 0.1) is 47.1 Å². The molecule has 35 heavy (non-hydrogen) atoms. The monoisotopic (exact) mass is 511 g/mol. The van der Waals surface area contributed by atoms with Gasteiger partial charge < -0.3 is 20.1 Å². The summed E-state index contributed by atoms with van der Waals surface area (Å²) in [5, 5.41) is 17.1. The van der Waals surface area contributed by atoms with Crippen molar-refractivity contribution in [1.82, 2.24) is 5.32 Å². The van der Waals surface area contributed by atoms with E-state index in [1.807, 2.05) is 0 Å². The van der Waals surface area contributed by atoms with Crippen molar-refractivity contribution in [2.75, 3.05) is 18.2 Å². The first kappa shape index (κ1) is 26.2. The van der Waals surface area contributed by atoms with Crippen LogP contribution in [0.3, 0.4) is 0 Å². The molecule has 3 rings (SSSR count). The molecular weight excluding hydrogens is 486 g/mol. The summed E-state index contributed by atoms with van der Waals surface area (Å²) in [6, 6.07) is 16.2. The summed E-state index contributed by atoms with van der Waals surface area (Å²) >= 11 is 7.26. The van der Waals surface area contributed by atoms with Gasteiger partial charge in [0.15, 0.2) is 0 Å². The predicted octanol–water partition coefficient (Wildman–Crippen LogP) is 5.37. The van der Waals surface area contributed by atoms with Crippen molar-refractivity contribution in [2.24, 2.45) is 0 Å². The van der Waals surface area contributed by atoms with Crippen LogP contribution >= 0.6 is 23.4 Å². The first-order valence-corrected chi connectivity index (χ1v) is 12.2. The summed E-state index contributed by atoms with van der Waals surface area (Å²) in [5.74, 6) is -0.640. The van der Waals surface area contributed by atoms with Crippen molar-refractivity contribution >= 4 is 40.9 Å². The first-order valence-electron chi connectivity index (χ1n) is 10.9. The third-order valence-corrected chi connectivity index (χ3v) is 6.40. The molecule has 1 aliphatic rings. The molecule has 0 saturated carbocycles. The molecular formula is C26H26ClN3O4S. The third-order valence-electron chi connectivity index (χ3n) is 5.13. The number of nitrogens with zero attached hydrogens (tertiary/aromatic N) is 1. The zero-order valence-electron chi connectivity index (χ0n) is 19.8. The normalized spacial score (nSPS) is 15.4. The lowest BCUT2D eigenvalue weighted by molar-refractivity contribution is -0.143. The van der Waals surface area contributed by atoms with Gasteiger partial charge in [0, 0.05) is 16.4 Å². The van der Waals surface area contributed by atoms with Crippen molar-refractivity contribution < 1.29 is 19.1 Å². The van der Waals surface area contributed by atoms with Crippen molar-refractivity contribution in [2.45, 2.75) is 32.8 Å². The molecule has 2 aromatic rings. The van der Waals surface area contributed by atoms with Gasteiger partial charge in [-0.1, -0.05) is 35.5 Å². The Morgan fingerprint density at radius 1 is 1.17 bits per heavy atom. The van der Waals surface area contributed by atoms with Crippen molar-refractivity contribution in [3.8, 4) is 11.8 Å². The SMILES string of the molecule is COc1ccc(NC(=O)CSC2=C(C#N)[C@@H](c3ccc(Cl)cc3)C(C(=O)OC(C)C)=C(C)N2)cc1. The smallest absolute Gasteiger partial charge is 0.337 e. The van der Waals surface area contributed by atoms with Crippen molar-refractivity contribution in [3.63, 3.8) is 0 Å². The van der Waals surface area contributed by atoms with Gasteiger partial charge in [-0.05, 0) is 62.7 Å². The molecule has 0 bridgehead atoms. The van der Waals surface area contributed by atoms with Crippen LogP contribution in [0.2, 0.25) is 5.02 Å². The number of halogens is 1. The number of nitrogens with one attached hydrogen (secondary N) is 2. The topological polar surface area (TPSA) is 100 Å². The molecule has 0 radical (unpaired) electrons. The number of rotatable bonds is 8. The number of thioether (sulfide) groups is 1. The largest absolute Gasteiger partial charge is 0.497 e. The van der Waals surface area contributed by atoms with Crippen LogP contribution in [0.15, 0.2) is 70.4 Å². The van der Waals surface area contributed by atoms with Crippen molar-refractivity contribution in [3.05, 3.63) is 81.0 Å². The van der Waals surface area contributed by atoms with E-state index in [-0.39, 0.29) is 17.8 Å². The number of hydrogen-bond donors (Lipinski definition) is 2. The molecule has 1 amide bonds. The molecule has 0 unspecified atom stereocenters. The maximum Gasteiger partial charge on any atom is 0.337 e. The number of benzene rings is 2. The van der Waals surface area contributed by atoms with E-state index in [4.69, 9.17) is 21.1 Å². The minimum absolute atomic E-state index is 0.0614. The molecule has 0 aromatic heterocycles. The van der Waals surface area contributed by atoms with Gasteiger partial charge in [0.2, 0.25) is 5.91 Å². The first-order chi connectivity index (χ1) is 16.7. The number of carbonyl (C=O) groups is 2. The summed E-state index contributed by atoms with van der Waals surface area (Å²) in [5.41, 5.74) is 2.60. The highest BCUT2D eigenvalue weighted by atomic mass is 35.5. The van der Waals surface area contributed by atoms with Crippen LogP contribution in [0.1, 0.15) is 32.3 Å². The van der Waals surface area contributed by atoms with E-state index in [0.29, 0.717) is 38.3 Å². The summed E-state index contributed by atoms with van der Waals surface area (Å²) in [7, 11) is 1.57. The lowest BCUT2D eigenvalue weighted by atomic mass is 9.82. The molecule has 7 nitrogen and oxygen atoms in total. The maximum atomic E-state index is 13.0. The Morgan fingerprint density at radius 2 is 1.83 bits per heavy atom. The number of hydrogen-bond acceptors (Lipinski definition) is 7. The van der Waals surface area contributed by atoms with Crippen LogP contribution in [0.5, 0.6) is 5.75 Å². The van der Waals surface area contributed by atoms with Gasteiger partial charge in [-0.3, -0.25) is 4.79 Å². The standard InChI is InChI=1S/C26H26ClN3O4S/c1-15(2)34-26(32)23-16(3)29-25(21(13-28)24(23)17-5-7-18(27)8-6-17)35-14-22(31)30-19-9-11-20(33-4)12-10-19/h5-12,15,24,29H,14H2,1-4H3,(H,30,31)/t24-/m1/s1. The molecule has 0 fully saturated rings. The highest BCUT2D eigenvalue weighted by Crippen LogP contribution is 2.41. The predicted molar refractivity (Wildman–Crippen MR) is 138 cm³/mol. The minimum Gasteiger partial charge on any atom is -0.497 e. The quantitative estimate of drug-likeness (QED) is 0.459. The highest BCUT2D eigenvalue weighted by Gasteiger charge is 2.36. The fourth-order valence-electron chi connectivity index (χ4n) is 3.57. The van der Waals surface area contributed by atoms with Crippen LogP contribution in [-0.4, -0.2) is 30.8 Å². The van der Waals surface area contributed by atoms with Crippen LogP contribution in [-0.2, 0) is 14.3 Å². The molecule has 0 saturated heterocycles. The van der Waals surface area contributed by atoms with E-state index >= 15 is 0 Å². The van der Waals surface area contributed by atoms with E-state index in [2.05, 4.69) is 16.7 Å². The van der Waals surface area contributed by atoms with Gasteiger partial charge in [-0.15, -0.1) is 0 Å². The number of amides is 1. The molecule has 2 aromatic carbocycles. The Labute approximate surface area is 214 Å². The molecule has 182 valence electrons. The highest BCUT2D eigenvalue weighted by molar-refractivity contribution is 8.03. The maximum absolute atomic E-state index is 13.0. The van der Waals surface area contributed by atoms with Crippen molar-refractivity contribution in [1.29, 1.82) is 5.26 Å². The fraction of sp³-hybridized carbons (Fsp3) is 0.269. The van der Waals surface area contributed by atoms with E-state index in [0.717, 1.165) is 5.56 Å². The molecule has 1 atom stereocenters. The van der Waals surface area contributed by atoms with Gasteiger partial charge in [0.1, 0.15) is 5.75 Å². The summed E-state index contributed by atoms with van der Waals surface area (Å²) < 4.78 is 10.6. The summed E-state index contributed by atoms with van der Waals surface area (Å²) in [6.45, 7) is 5.29. The van der Waals surface area contributed by atoms with E-state index < -0.39 is 11.9 Å². The van der Waals surface area contributed by atoms with Gasteiger partial charge >= 0.3 is 5.97 Å². The fourth-order valence-corrected chi connectivity index (χ4v) is 4.59. The van der Waals surface area contributed by atoms with Gasteiger partial charge in [-0.25, -0.2) is 4.79 Å². The number of carbonyl (C=O) groups excluding carboxylic acids is 2. The lowest BCUT2D eigenvalue weighted by Gasteiger charge is -2.29. The van der Waals surface area contributed by atoms with E-state index in [1.165, 1.54) is 11.8 Å². The Kier molecular flexibility index (Phi) is 8.85. The number of allylic oxidation sites excluding steroid dienone is 2. The number of methoxy groups -OCH3 is 1. The van der Waals surface area contributed by atoms with Crippen LogP contribution in [0, 0.1) is 11.3 Å². The zero-order valence-corrected chi connectivity index (χ0v) is 21.4. The summed E-state index contributed by atoms with van der Waals surface area (Å²) in [4.78, 5) is 25.6. The average Bonchev–Trinajstić information content (AvgIpc) is 2.82. The van der Waals surface area contributed by atoms with Crippen LogP contribution in [0.4, 0.5) is 5.69 Å². The Balaban J connectivity index is 1.87. The molecule has 0 spiro atoms. The second-order valence-corrected chi connectivity index (χ2v) is 9.44. The summed E-state index contributed by atoms with van der Waals surface area (Å²) in [6.07, 6.45) is -0.319. The number of esters is 1. The number of anilines is 1. The van der Waals surface area contributed by atoms with Gasteiger partial charge in [-0.2, -0.15) is 5.26 Å². The number of ether oxygens (including phenoxy) is 2. The minimum atomic E-state index is -0.656. The number of nitriles is 1. The third kappa shape index (κ3) is 6.59. The molecule has 9 heteroatoms. The lowest BCUT2D eigenvalue weighted by Crippen LogP contribution is -2.30. The molecule has 2 N–H and O–H groups in total. The number of dihydropyridines is 1. The Morgan fingerprint density at radius 3 is 2.40 bits per heavy atom. The molecule has 1 aliphatic heterocycles. The molecule has 0 aliphatic carbocycles. The average molecular weight is 512 g/mol.